The fourth-order valence-corrected chi connectivity index (χ4v) is 2.27. The molecule has 1 heterocycles. The van der Waals surface area contributed by atoms with E-state index in [1.165, 1.54) is 12.8 Å². The van der Waals surface area contributed by atoms with Crippen molar-refractivity contribution in [1.82, 2.24) is 9.78 Å². The molecule has 0 atom stereocenters. The first kappa shape index (κ1) is 11.1. The average Bonchev–Trinajstić information content (AvgIpc) is 3.07. The molecule has 1 aromatic carbocycles. The zero-order valence-corrected chi connectivity index (χ0v) is 11.0. The van der Waals surface area contributed by atoms with E-state index in [4.69, 9.17) is 23.2 Å². The van der Waals surface area contributed by atoms with E-state index in [1.807, 2.05) is 31.2 Å². The van der Waals surface area contributed by atoms with Crippen LogP contribution >= 0.6 is 23.2 Å². The fourth-order valence-electron chi connectivity index (χ4n) is 1.85. The Kier molecular flexibility index (Phi) is 2.64. The van der Waals surface area contributed by atoms with Gasteiger partial charge in [0.05, 0.1) is 11.4 Å². The highest BCUT2D eigenvalue weighted by Crippen LogP contribution is 2.40. The van der Waals surface area contributed by atoms with Gasteiger partial charge in [0.1, 0.15) is 5.15 Å². The van der Waals surface area contributed by atoms with Crippen LogP contribution in [0.25, 0.3) is 5.69 Å². The summed E-state index contributed by atoms with van der Waals surface area (Å²) < 4.78 is 1.75. The van der Waals surface area contributed by atoms with Crippen LogP contribution in [-0.2, 0) is 0 Å². The Balaban J connectivity index is 2.04. The predicted molar refractivity (Wildman–Crippen MR) is 70.3 cm³/mol. The van der Waals surface area contributed by atoms with Crippen molar-refractivity contribution in [1.29, 1.82) is 0 Å². The third-order valence-electron chi connectivity index (χ3n) is 3.08. The van der Waals surface area contributed by atoms with E-state index >= 15 is 0 Å². The topological polar surface area (TPSA) is 17.8 Å². The quantitative estimate of drug-likeness (QED) is 0.790. The van der Waals surface area contributed by atoms with Gasteiger partial charge in [0.15, 0.2) is 0 Å². The van der Waals surface area contributed by atoms with Crippen LogP contribution in [0.5, 0.6) is 0 Å². The van der Waals surface area contributed by atoms with Crippen LogP contribution < -0.4 is 0 Å². The Labute approximate surface area is 110 Å². The number of aromatic nitrogens is 2. The molecule has 0 aliphatic heterocycles. The second kappa shape index (κ2) is 4.04. The van der Waals surface area contributed by atoms with Gasteiger partial charge in [-0.3, -0.25) is 0 Å². The van der Waals surface area contributed by atoms with Gasteiger partial charge in [-0.05, 0) is 43.5 Å². The van der Waals surface area contributed by atoms with Gasteiger partial charge in [-0.15, -0.1) is 0 Å². The third kappa shape index (κ3) is 2.07. The molecular weight excluding hydrogens is 255 g/mol. The van der Waals surface area contributed by atoms with Crippen LogP contribution in [0.15, 0.2) is 24.3 Å². The minimum absolute atomic E-state index is 0.606. The number of aryl methyl sites for hydroxylation is 1. The second-order valence-electron chi connectivity index (χ2n) is 4.51. The predicted octanol–water partition coefficient (Wildman–Crippen LogP) is 4.36. The maximum absolute atomic E-state index is 6.20. The lowest BCUT2D eigenvalue weighted by molar-refractivity contribution is 0.837. The van der Waals surface area contributed by atoms with Crippen LogP contribution in [-0.4, -0.2) is 9.78 Å². The molecular formula is C13H12Cl2N2. The molecule has 4 heteroatoms. The summed E-state index contributed by atoms with van der Waals surface area (Å²) in [5.74, 6) is 0.606. The largest absolute Gasteiger partial charge is 0.222 e. The van der Waals surface area contributed by atoms with E-state index in [0.717, 1.165) is 22.0 Å². The van der Waals surface area contributed by atoms with Crippen molar-refractivity contribution in [2.45, 2.75) is 25.7 Å². The number of halogens is 2. The summed E-state index contributed by atoms with van der Waals surface area (Å²) in [5, 5.41) is 5.92. The van der Waals surface area contributed by atoms with Gasteiger partial charge in [0.2, 0.25) is 0 Å². The van der Waals surface area contributed by atoms with E-state index in [1.54, 1.807) is 4.68 Å². The second-order valence-corrected chi connectivity index (χ2v) is 5.31. The van der Waals surface area contributed by atoms with Gasteiger partial charge < -0.3 is 0 Å². The Morgan fingerprint density at radius 2 is 2.00 bits per heavy atom. The molecule has 1 aliphatic rings. The summed E-state index contributed by atoms with van der Waals surface area (Å²) >= 11 is 12.3. The Morgan fingerprint density at radius 3 is 2.65 bits per heavy atom. The van der Waals surface area contributed by atoms with E-state index < -0.39 is 0 Å². The minimum Gasteiger partial charge on any atom is -0.222 e. The molecule has 3 rings (SSSR count). The van der Waals surface area contributed by atoms with Gasteiger partial charge >= 0.3 is 0 Å². The molecule has 2 aromatic rings. The molecule has 88 valence electrons. The first-order valence-electron chi connectivity index (χ1n) is 5.67. The van der Waals surface area contributed by atoms with E-state index in [0.29, 0.717) is 11.1 Å². The zero-order valence-electron chi connectivity index (χ0n) is 9.45. The van der Waals surface area contributed by atoms with Gasteiger partial charge in [-0.2, -0.15) is 5.10 Å². The molecule has 0 N–H and O–H groups in total. The number of nitrogens with zero attached hydrogens (tertiary/aromatic N) is 2. The van der Waals surface area contributed by atoms with Crippen molar-refractivity contribution < 1.29 is 0 Å². The SMILES string of the molecule is Cc1ccc(-n2nc(C3CC3)cc2Cl)cc1Cl. The lowest BCUT2D eigenvalue weighted by Crippen LogP contribution is -1.97. The molecule has 2 nitrogen and oxygen atoms in total. The summed E-state index contributed by atoms with van der Waals surface area (Å²) in [4.78, 5) is 0. The normalized spacial score (nSPS) is 15.2. The first-order chi connectivity index (χ1) is 8.15. The van der Waals surface area contributed by atoms with Gasteiger partial charge in [0.25, 0.3) is 0 Å². The number of hydrogen-bond donors (Lipinski definition) is 0. The standard InChI is InChI=1S/C13H12Cl2N2/c1-8-2-5-10(6-11(8)14)17-13(15)7-12(16-17)9-3-4-9/h2,5-7,9H,3-4H2,1H3. The molecule has 0 saturated heterocycles. The van der Waals surface area contributed by atoms with Gasteiger partial charge in [-0.25, -0.2) is 4.68 Å². The molecule has 0 bridgehead atoms. The van der Waals surface area contributed by atoms with Crippen LogP contribution in [0, 0.1) is 6.92 Å². The van der Waals surface area contributed by atoms with Crippen LogP contribution in [0.4, 0.5) is 0 Å². The summed E-state index contributed by atoms with van der Waals surface area (Å²) in [6, 6.07) is 7.81. The van der Waals surface area contributed by atoms with Crippen LogP contribution in [0.2, 0.25) is 10.2 Å². The molecule has 0 radical (unpaired) electrons. The molecule has 1 aliphatic carbocycles. The minimum atomic E-state index is 0.606. The molecule has 1 saturated carbocycles. The first-order valence-corrected chi connectivity index (χ1v) is 6.43. The van der Waals surface area contributed by atoms with E-state index in [9.17, 15) is 0 Å². The smallest absolute Gasteiger partial charge is 0.133 e. The number of rotatable bonds is 2. The van der Waals surface area contributed by atoms with Gasteiger partial charge in [-0.1, -0.05) is 29.3 Å². The van der Waals surface area contributed by atoms with Crippen molar-refractivity contribution in [2.24, 2.45) is 0 Å². The van der Waals surface area contributed by atoms with E-state index in [2.05, 4.69) is 5.10 Å². The zero-order chi connectivity index (χ0) is 12.0. The fraction of sp³-hybridized carbons (Fsp3) is 0.308. The molecule has 0 unspecified atom stereocenters. The summed E-state index contributed by atoms with van der Waals surface area (Å²) in [5.41, 5.74) is 3.06. The highest BCUT2D eigenvalue weighted by atomic mass is 35.5. The lowest BCUT2D eigenvalue weighted by Gasteiger charge is -2.05. The van der Waals surface area contributed by atoms with Crippen LogP contribution in [0.1, 0.15) is 30.0 Å². The Bertz CT molecular complexity index is 571. The molecule has 0 spiro atoms. The van der Waals surface area contributed by atoms with Crippen molar-refractivity contribution in [3.63, 3.8) is 0 Å². The average molecular weight is 267 g/mol. The van der Waals surface area contributed by atoms with Crippen LogP contribution in [0.3, 0.4) is 0 Å². The third-order valence-corrected chi connectivity index (χ3v) is 3.76. The number of benzene rings is 1. The summed E-state index contributed by atoms with van der Waals surface area (Å²) in [6.45, 7) is 1.98. The van der Waals surface area contributed by atoms with Gasteiger partial charge in [0, 0.05) is 10.9 Å². The Hall–Kier alpha value is -0.990. The summed E-state index contributed by atoms with van der Waals surface area (Å²) in [7, 11) is 0. The van der Waals surface area contributed by atoms with E-state index in [-0.39, 0.29) is 0 Å². The molecule has 1 aromatic heterocycles. The number of hydrogen-bond acceptors (Lipinski definition) is 1. The van der Waals surface area contributed by atoms with Crippen molar-refractivity contribution >= 4 is 23.2 Å². The molecule has 1 fully saturated rings. The molecule has 0 amide bonds. The molecule has 17 heavy (non-hydrogen) atoms. The Morgan fingerprint density at radius 1 is 1.24 bits per heavy atom. The highest BCUT2D eigenvalue weighted by molar-refractivity contribution is 6.31. The maximum Gasteiger partial charge on any atom is 0.133 e. The lowest BCUT2D eigenvalue weighted by atomic mass is 10.2. The maximum atomic E-state index is 6.20. The highest BCUT2D eigenvalue weighted by Gasteiger charge is 2.27. The van der Waals surface area contributed by atoms with Crippen molar-refractivity contribution in [3.05, 3.63) is 45.7 Å². The van der Waals surface area contributed by atoms with Crippen molar-refractivity contribution in [3.8, 4) is 5.69 Å². The summed E-state index contributed by atoms with van der Waals surface area (Å²) in [6.07, 6.45) is 2.45. The monoisotopic (exact) mass is 266 g/mol. The van der Waals surface area contributed by atoms with Crippen molar-refractivity contribution in [2.75, 3.05) is 0 Å².